The van der Waals surface area contributed by atoms with E-state index in [9.17, 15) is 13.2 Å². The molecule has 30 heavy (non-hydrogen) atoms. The van der Waals surface area contributed by atoms with Gasteiger partial charge in [-0.05, 0) is 55.7 Å². The van der Waals surface area contributed by atoms with Gasteiger partial charge in [0.05, 0.1) is 16.0 Å². The number of benzene rings is 2. The normalized spacial score (nSPS) is 15.7. The predicted molar refractivity (Wildman–Crippen MR) is 120 cm³/mol. The molecule has 1 amide bonds. The first kappa shape index (κ1) is 23.1. The Labute approximate surface area is 190 Å². The zero-order valence-electron chi connectivity index (χ0n) is 16.5. The molecule has 1 aliphatic rings. The standard InChI is InChI=1S/C21H24BrClN2O4S/c1-14(15-5-4-6-16(22)11-15)24-21(26)13-29-20-10-9-18(12-19(20)23)30(27,28)25-17-7-2-3-8-17/h4-6,9-12,14,17,25H,2-3,7-8,13H2,1H3,(H,24,26)/t14-/m1/s1. The molecule has 2 aromatic rings. The third kappa shape index (κ3) is 6.20. The molecule has 3 rings (SSSR count). The van der Waals surface area contributed by atoms with Crippen molar-refractivity contribution in [2.24, 2.45) is 0 Å². The van der Waals surface area contributed by atoms with Crippen molar-refractivity contribution in [3.8, 4) is 5.75 Å². The van der Waals surface area contributed by atoms with E-state index in [2.05, 4.69) is 26.0 Å². The maximum absolute atomic E-state index is 12.5. The lowest BCUT2D eigenvalue weighted by Gasteiger charge is -2.16. The monoisotopic (exact) mass is 514 g/mol. The van der Waals surface area contributed by atoms with Gasteiger partial charge in [-0.2, -0.15) is 0 Å². The van der Waals surface area contributed by atoms with E-state index in [-0.39, 0.29) is 40.3 Å². The number of nitrogens with one attached hydrogen (secondary N) is 2. The van der Waals surface area contributed by atoms with Crippen LogP contribution >= 0.6 is 27.5 Å². The predicted octanol–water partition coefficient (Wildman–Crippen LogP) is 4.58. The first-order valence-electron chi connectivity index (χ1n) is 9.74. The van der Waals surface area contributed by atoms with Crippen molar-refractivity contribution in [3.63, 3.8) is 0 Å². The molecule has 2 N–H and O–H groups in total. The maximum Gasteiger partial charge on any atom is 0.258 e. The third-order valence-corrected chi connectivity index (χ3v) is 7.28. The molecule has 6 nitrogen and oxygen atoms in total. The maximum atomic E-state index is 12.5. The second-order valence-corrected chi connectivity index (χ2v) is 10.4. The van der Waals surface area contributed by atoms with Gasteiger partial charge in [-0.15, -0.1) is 0 Å². The fourth-order valence-corrected chi connectivity index (χ4v) is 5.43. The summed E-state index contributed by atoms with van der Waals surface area (Å²) in [5, 5.41) is 2.99. The number of halogens is 2. The van der Waals surface area contributed by atoms with E-state index in [0.29, 0.717) is 0 Å². The molecule has 0 unspecified atom stereocenters. The average molecular weight is 516 g/mol. The van der Waals surface area contributed by atoms with E-state index in [0.717, 1.165) is 35.7 Å². The van der Waals surface area contributed by atoms with Gasteiger partial charge < -0.3 is 10.1 Å². The van der Waals surface area contributed by atoms with Crippen LogP contribution in [0.1, 0.15) is 44.2 Å². The Balaban J connectivity index is 1.57. The summed E-state index contributed by atoms with van der Waals surface area (Å²) in [5.74, 6) is -0.0557. The zero-order chi connectivity index (χ0) is 21.7. The highest BCUT2D eigenvalue weighted by molar-refractivity contribution is 9.10. The number of amides is 1. The molecule has 162 valence electrons. The topological polar surface area (TPSA) is 84.5 Å². The van der Waals surface area contributed by atoms with Crippen molar-refractivity contribution in [2.75, 3.05) is 6.61 Å². The molecule has 1 saturated carbocycles. The van der Waals surface area contributed by atoms with Crippen LogP contribution in [0.4, 0.5) is 0 Å². The van der Waals surface area contributed by atoms with Gasteiger partial charge in [-0.3, -0.25) is 4.79 Å². The molecule has 0 radical (unpaired) electrons. The lowest BCUT2D eigenvalue weighted by molar-refractivity contribution is -0.123. The Morgan fingerprint density at radius 3 is 2.63 bits per heavy atom. The minimum absolute atomic E-state index is 0.0272. The number of carbonyl (C=O) groups excluding carboxylic acids is 1. The van der Waals surface area contributed by atoms with Gasteiger partial charge in [0, 0.05) is 10.5 Å². The Morgan fingerprint density at radius 1 is 1.23 bits per heavy atom. The molecular formula is C21H24BrClN2O4S. The van der Waals surface area contributed by atoms with Crippen LogP contribution in [0.15, 0.2) is 51.8 Å². The highest BCUT2D eigenvalue weighted by Crippen LogP contribution is 2.28. The summed E-state index contributed by atoms with van der Waals surface area (Å²) in [5.41, 5.74) is 0.958. The molecule has 9 heteroatoms. The molecule has 0 aliphatic heterocycles. The summed E-state index contributed by atoms with van der Waals surface area (Å²) in [4.78, 5) is 12.3. The zero-order valence-corrected chi connectivity index (χ0v) is 19.7. The highest BCUT2D eigenvalue weighted by Gasteiger charge is 2.23. The van der Waals surface area contributed by atoms with Crippen LogP contribution in [0, 0.1) is 0 Å². The van der Waals surface area contributed by atoms with E-state index < -0.39 is 10.0 Å². The molecule has 0 spiro atoms. The number of hydrogen-bond acceptors (Lipinski definition) is 4. The quantitative estimate of drug-likeness (QED) is 0.539. The molecule has 1 fully saturated rings. The van der Waals surface area contributed by atoms with Crippen LogP contribution in [0.3, 0.4) is 0 Å². The van der Waals surface area contributed by atoms with Crippen LogP contribution in [-0.2, 0) is 14.8 Å². The smallest absolute Gasteiger partial charge is 0.258 e. The molecule has 2 aromatic carbocycles. The van der Waals surface area contributed by atoms with Gasteiger partial charge in [-0.1, -0.05) is 52.5 Å². The summed E-state index contributed by atoms with van der Waals surface area (Å²) in [6, 6.07) is 11.7. The molecule has 1 aliphatic carbocycles. The van der Waals surface area contributed by atoms with E-state index in [1.807, 2.05) is 31.2 Å². The summed E-state index contributed by atoms with van der Waals surface area (Å²) in [7, 11) is -3.64. The highest BCUT2D eigenvalue weighted by atomic mass is 79.9. The number of carbonyl (C=O) groups is 1. The minimum Gasteiger partial charge on any atom is -0.482 e. The Bertz CT molecular complexity index is 1010. The fourth-order valence-electron chi connectivity index (χ4n) is 3.38. The van der Waals surface area contributed by atoms with Crippen molar-refractivity contribution in [1.29, 1.82) is 0 Å². The molecule has 0 bridgehead atoms. The van der Waals surface area contributed by atoms with Gasteiger partial charge >= 0.3 is 0 Å². The Hall–Kier alpha value is -1.61. The van der Waals surface area contributed by atoms with E-state index in [1.165, 1.54) is 18.2 Å². The van der Waals surface area contributed by atoms with Crippen molar-refractivity contribution in [3.05, 3.63) is 57.5 Å². The second-order valence-electron chi connectivity index (χ2n) is 7.33. The van der Waals surface area contributed by atoms with Crippen LogP contribution in [0.2, 0.25) is 5.02 Å². The molecule has 0 saturated heterocycles. The summed E-state index contributed by atoms with van der Waals surface area (Å²) in [6.45, 7) is 1.65. The largest absolute Gasteiger partial charge is 0.482 e. The minimum atomic E-state index is -3.64. The number of sulfonamides is 1. The Morgan fingerprint density at radius 2 is 1.97 bits per heavy atom. The van der Waals surface area contributed by atoms with Gasteiger partial charge in [0.15, 0.2) is 6.61 Å². The van der Waals surface area contributed by atoms with Gasteiger partial charge in [0.25, 0.3) is 5.91 Å². The van der Waals surface area contributed by atoms with Crippen LogP contribution in [0.5, 0.6) is 5.75 Å². The lowest BCUT2D eigenvalue weighted by Crippen LogP contribution is -2.32. The third-order valence-electron chi connectivity index (χ3n) is 4.98. The number of hydrogen-bond donors (Lipinski definition) is 2. The summed E-state index contributed by atoms with van der Waals surface area (Å²) >= 11 is 9.61. The van der Waals surface area contributed by atoms with Gasteiger partial charge in [0.1, 0.15) is 5.75 Å². The Kier molecular flexibility index (Phi) is 7.79. The van der Waals surface area contributed by atoms with Gasteiger partial charge in [0.2, 0.25) is 10.0 Å². The first-order chi connectivity index (χ1) is 14.2. The van der Waals surface area contributed by atoms with Crippen molar-refractivity contribution >= 4 is 43.5 Å². The van der Waals surface area contributed by atoms with E-state index >= 15 is 0 Å². The first-order valence-corrected chi connectivity index (χ1v) is 12.4. The molecule has 1 atom stereocenters. The van der Waals surface area contributed by atoms with Crippen LogP contribution < -0.4 is 14.8 Å². The molecule has 0 heterocycles. The summed E-state index contributed by atoms with van der Waals surface area (Å²) < 4.78 is 34.2. The molecule has 0 aromatic heterocycles. The van der Waals surface area contributed by atoms with E-state index in [1.54, 1.807) is 0 Å². The van der Waals surface area contributed by atoms with Crippen molar-refractivity contribution in [1.82, 2.24) is 10.0 Å². The average Bonchev–Trinajstić information content (AvgIpc) is 3.19. The summed E-state index contributed by atoms with van der Waals surface area (Å²) in [6.07, 6.45) is 3.76. The SMILES string of the molecule is C[C@@H](NC(=O)COc1ccc(S(=O)(=O)NC2CCCC2)cc1Cl)c1cccc(Br)c1. The van der Waals surface area contributed by atoms with Crippen molar-refractivity contribution in [2.45, 2.75) is 49.6 Å². The lowest BCUT2D eigenvalue weighted by atomic mass is 10.1. The van der Waals surface area contributed by atoms with Crippen LogP contribution in [-0.4, -0.2) is 27.0 Å². The fraction of sp³-hybridized carbons (Fsp3) is 0.381. The van der Waals surface area contributed by atoms with Crippen LogP contribution in [0.25, 0.3) is 0 Å². The van der Waals surface area contributed by atoms with Crippen molar-refractivity contribution < 1.29 is 17.9 Å². The molecular weight excluding hydrogens is 492 g/mol. The number of ether oxygens (including phenoxy) is 1. The van der Waals surface area contributed by atoms with E-state index in [4.69, 9.17) is 16.3 Å². The van der Waals surface area contributed by atoms with Gasteiger partial charge in [-0.25, -0.2) is 13.1 Å². The number of rotatable bonds is 8. The second kappa shape index (κ2) is 10.1.